The zero-order valence-electron chi connectivity index (χ0n) is 13.6. The molecule has 0 saturated carbocycles. The molecule has 2 saturated heterocycles. The van der Waals surface area contributed by atoms with E-state index >= 15 is 0 Å². The molecule has 2 amide bonds. The van der Waals surface area contributed by atoms with E-state index in [0.29, 0.717) is 6.54 Å². The number of aromatic nitrogens is 2. The predicted octanol–water partition coefficient (Wildman–Crippen LogP) is 0.868. The Morgan fingerprint density at radius 2 is 1.86 bits per heavy atom. The summed E-state index contributed by atoms with van der Waals surface area (Å²) in [4.78, 5) is 16.4. The molecule has 1 aromatic heterocycles. The van der Waals surface area contributed by atoms with Crippen molar-refractivity contribution < 1.29 is 4.79 Å². The number of nitrogens with zero attached hydrogens (tertiary/aromatic N) is 4. The lowest BCUT2D eigenvalue weighted by Crippen LogP contribution is -2.44. The molecule has 0 bridgehead atoms. The first-order chi connectivity index (χ1) is 9.89. The molecule has 2 aliphatic heterocycles. The summed E-state index contributed by atoms with van der Waals surface area (Å²) in [6.07, 6.45) is 0. The zero-order chi connectivity index (χ0) is 15.2. The Kier molecular flexibility index (Phi) is 4.58. The van der Waals surface area contributed by atoms with Crippen molar-refractivity contribution >= 4 is 29.9 Å². The molecule has 0 atom stereocenters. The van der Waals surface area contributed by atoms with Crippen molar-refractivity contribution in [3.8, 4) is 0 Å². The Hall–Kier alpha value is -1.47. The van der Waals surface area contributed by atoms with Gasteiger partial charge in [0, 0.05) is 33.2 Å². The molecule has 0 spiro atoms. The molecule has 2 N–H and O–H groups in total. The van der Waals surface area contributed by atoms with Crippen LogP contribution in [0.5, 0.6) is 0 Å². The average Bonchev–Trinajstić information content (AvgIpc) is 2.87. The van der Waals surface area contributed by atoms with Crippen molar-refractivity contribution in [2.45, 2.75) is 26.3 Å². The van der Waals surface area contributed by atoms with E-state index in [1.165, 1.54) is 0 Å². The number of anilines is 2. The second kappa shape index (κ2) is 5.96. The number of piperazine rings is 1. The summed E-state index contributed by atoms with van der Waals surface area (Å²) in [6, 6.07) is -0.0347. The van der Waals surface area contributed by atoms with Gasteiger partial charge in [0.2, 0.25) is 0 Å². The van der Waals surface area contributed by atoms with E-state index in [-0.39, 0.29) is 24.0 Å². The lowest BCUT2D eigenvalue weighted by molar-refractivity contribution is 0.248. The molecule has 7 nitrogen and oxygen atoms in total. The summed E-state index contributed by atoms with van der Waals surface area (Å²) in [5, 5.41) is 11.0. The molecule has 3 rings (SSSR count). The summed E-state index contributed by atoms with van der Waals surface area (Å²) in [6.45, 7) is 10.5. The van der Waals surface area contributed by atoms with E-state index in [4.69, 9.17) is 0 Å². The van der Waals surface area contributed by atoms with Gasteiger partial charge in [-0.05, 0) is 20.8 Å². The maximum Gasteiger partial charge on any atom is 0.322 e. The second-order valence-corrected chi connectivity index (χ2v) is 6.52. The molecule has 1 aromatic rings. The molecular weight excluding hydrogens is 304 g/mol. The minimum absolute atomic E-state index is 0. The highest BCUT2D eigenvalue weighted by molar-refractivity contribution is 5.98. The molecular formula is C14H25ClN6O. The van der Waals surface area contributed by atoms with E-state index in [1.807, 2.05) is 37.4 Å². The Balaban J connectivity index is 0.00000176. The highest BCUT2D eigenvalue weighted by Crippen LogP contribution is 2.35. The number of aryl methyl sites for hydroxylation is 1. The topological polar surface area (TPSA) is 65.4 Å². The van der Waals surface area contributed by atoms with Crippen molar-refractivity contribution in [3.63, 3.8) is 0 Å². The molecule has 124 valence electrons. The number of halogens is 1. The van der Waals surface area contributed by atoms with E-state index in [9.17, 15) is 4.79 Å². The van der Waals surface area contributed by atoms with Gasteiger partial charge in [0.15, 0.2) is 5.82 Å². The van der Waals surface area contributed by atoms with Crippen LogP contribution >= 0.6 is 12.4 Å². The van der Waals surface area contributed by atoms with Gasteiger partial charge in [-0.15, -0.1) is 12.4 Å². The summed E-state index contributed by atoms with van der Waals surface area (Å²) >= 11 is 0. The first kappa shape index (κ1) is 16.9. The van der Waals surface area contributed by atoms with E-state index in [1.54, 1.807) is 0 Å². The van der Waals surface area contributed by atoms with Crippen molar-refractivity contribution in [3.05, 3.63) is 5.69 Å². The fourth-order valence-corrected chi connectivity index (χ4v) is 3.03. The van der Waals surface area contributed by atoms with Crippen LogP contribution in [0, 0.1) is 6.92 Å². The Morgan fingerprint density at radius 3 is 2.41 bits per heavy atom. The minimum Gasteiger partial charge on any atom is -0.351 e. The molecule has 0 aromatic carbocycles. The Morgan fingerprint density at radius 1 is 1.23 bits per heavy atom. The fraction of sp³-hybridized carbons (Fsp3) is 0.714. The molecule has 22 heavy (non-hydrogen) atoms. The van der Waals surface area contributed by atoms with Crippen LogP contribution in [0.25, 0.3) is 0 Å². The van der Waals surface area contributed by atoms with Crippen LogP contribution in [0.15, 0.2) is 0 Å². The fourth-order valence-electron chi connectivity index (χ4n) is 3.03. The lowest BCUT2D eigenvalue weighted by atomic mass is 10.1. The quantitative estimate of drug-likeness (QED) is 0.845. The second-order valence-electron chi connectivity index (χ2n) is 6.52. The number of nitrogens with one attached hydrogen (secondary N) is 2. The van der Waals surface area contributed by atoms with Crippen molar-refractivity contribution in [2.24, 2.45) is 7.05 Å². The first-order valence-corrected chi connectivity index (χ1v) is 7.48. The summed E-state index contributed by atoms with van der Waals surface area (Å²) in [5.41, 5.74) is 1.76. The van der Waals surface area contributed by atoms with Crippen LogP contribution in [0.4, 0.5) is 16.3 Å². The third-order valence-electron chi connectivity index (χ3n) is 4.21. The van der Waals surface area contributed by atoms with Gasteiger partial charge in [-0.3, -0.25) is 9.58 Å². The number of carbonyl (C=O) groups is 1. The lowest BCUT2D eigenvalue weighted by Gasteiger charge is -2.29. The maximum absolute atomic E-state index is 12.3. The molecule has 2 aliphatic rings. The van der Waals surface area contributed by atoms with Gasteiger partial charge in [0.25, 0.3) is 0 Å². The molecule has 0 unspecified atom stereocenters. The number of hydrogen-bond donors (Lipinski definition) is 2. The third-order valence-corrected chi connectivity index (χ3v) is 4.21. The Labute approximate surface area is 137 Å². The Bertz CT molecular complexity index is 564. The van der Waals surface area contributed by atoms with Crippen molar-refractivity contribution in [2.75, 3.05) is 42.5 Å². The number of hydrogen-bond acceptors (Lipinski definition) is 4. The summed E-state index contributed by atoms with van der Waals surface area (Å²) in [7, 11) is 1.93. The average molecular weight is 329 g/mol. The molecule has 0 radical (unpaired) electrons. The molecule has 3 heterocycles. The standard InChI is InChI=1S/C14H24N6O.ClH/c1-10-11(20-9-14(2,3)16-13(20)21)12(17-18(10)4)19-7-5-15-6-8-19;/h15H,5-9H2,1-4H3,(H,16,21);1H. The van der Waals surface area contributed by atoms with Gasteiger partial charge in [0.05, 0.1) is 17.8 Å². The van der Waals surface area contributed by atoms with Crippen LogP contribution in [0.1, 0.15) is 19.5 Å². The van der Waals surface area contributed by atoms with Crippen LogP contribution in [0.2, 0.25) is 0 Å². The highest BCUT2D eigenvalue weighted by Gasteiger charge is 2.39. The van der Waals surface area contributed by atoms with Gasteiger partial charge >= 0.3 is 6.03 Å². The van der Waals surface area contributed by atoms with E-state index < -0.39 is 0 Å². The van der Waals surface area contributed by atoms with Crippen LogP contribution in [-0.4, -0.2) is 54.1 Å². The summed E-state index contributed by atoms with van der Waals surface area (Å²) < 4.78 is 1.87. The zero-order valence-corrected chi connectivity index (χ0v) is 14.5. The van der Waals surface area contributed by atoms with Crippen molar-refractivity contribution in [1.82, 2.24) is 20.4 Å². The van der Waals surface area contributed by atoms with Crippen molar-refractivity contribution in [1.29, 1.82) is 0 Å². The molecule has 8 heteroatoms. The monoisotopic (exact) mass is 328 g/mol. The minimum atomic E-state index is -0.208. The smallest absolute Gasteiger partial charge is 0.322 e. The predicted molar refractivity (Wildman–Crippen MR) is 90.2 cm³/mol. The first-order valence-electron chi connectivity index (χ1n) is 7.48. The van der Waals surface area contributed by atoms with Gasteiger partial charge < -0.3 is 15.5 Å². The SMILES string of the molecule is Cc1c(N2CC(C)(C)NC2=O)c(N2CCNCC2)nn1C.Cl. The molecule has 0 aliphatic carbocycles. The van der Waals surface area contributed by atoms with E-state index in [2.05, 4.69) is 20.6 Å². The number of urea groups is 1. The molecule has 2 fully saturated rings. The summed E-state index contributed by atoms with van der Waals surface area (Å²) in [5.74, 6) is 0.921. The van der Waals surface area contributed by atoms with E-state index in [0.717, 1.165) is 43.4 Å². The third kappa shape index (κ3) is 2.87. The van der Waals surface area contributed by atoms with Gasteiger partial charge in [0.1, 0.15) is 5.69 Å². The number of carbonyl (C=O) groups excluding carboxylic acids is 1. The largest absolute Gasteiger partial charge is 0.351 e. The highest BCUT2D eigenvalue weighted by atomic mass is 35.5. The normalized spacial score (nSPS) is 20.8. The van der Waals surface area contributed by atoms with Gasteiger partial charge in [-0.1, -0.05) is 0 Å². The van der Waals surface area contributed by atoms with Gasteiger partial charge in [-0.25, -0.2) is 4.79 Å². The van der Waals surface area contributed by atoms with Crippen LogP contribution in [0.3, 0.4) is 0 Å². The number of rotatable bonds is 2. The van der Waals surface area contributed by atoms with Crippen LogP contribution in [-0.2, 0) is 7.05 Å². The number of amides is 2. The van der Waals surface area contributed by atoms with Crippen LogP contribution < -0.4 is 20.4 Å². The maximum atomic E-state index is 12.3. The van der Waals surface area contributed by atoms with Gasteiger partial charge in [-0.2, -0.15) is 5.10 Å².